The Labute approximate surface area is 181 Å². The number of hydrogen-bond acceptors (Lipinski definition) is 8. The lowest BCUT2D eigenvalue weighted by atomic mass is 10.1. The number of rotatable bonds is 5. The lowest BCUT2D eigenvalue weighted by Crippen LogP contribution is -2.48. The van der Waals surface area contributed by atoms with Gasteiger partial charge >= 0.3 is 0 Å². The minimum atomic E-state index is -0.121. The minimum absolute atomic E-state index is 0.117. The number of carbonyl (C=O) groups is 2. The van der Waals surface area contributed by atoms with E-state index in [-0.39, 0.29) is 11.7 Å². The SMILES string of the molecule is O=C(c1ccncc1)c1sc(N2CCN(C(=O)c3ccco3)CC2)nc1-c1ccco1. The predicted octanol–water partition coefficient (Wildman–Crippen LogP) is 3.58. The fraction of sp³-hybridized carbons (Fsp3) is 0.182. The Morgan fingerprint density at radius 2 is 1.68 bits per heavy atom. The van der Waals surface area contributed by atoms with Gasteiger partial charge in [-0.3, -0.25) is 14.6 Å². The van der Waals surface area contributed by atoms with Gasteiger partial charge < -0.3 is 18.6 Å². The third-order valence-corrected chi connectivity index (χ3v) is 6.20. The monoisotopic (exact) mass is 434 g/mol. The summed E-state index contributed by atoms with van der Waals surface area (Å²) in [5, 5.41) is 0.730. The summed E-state index contributed by atoms with van der Waals surface area (Å²) in [6.45, 7) is 2.31. The van der Waals surface area contributed by atoms with Gasteiger partial charge in [0, 0.05) is 44.1 Å². The van der Waals surface area contributed by atoms with Crippen molar-refractivity contribution in [1.82, 2.24) is 14.9 Å². The second kappa shape index (κ2) is 8.19. The maximum atomic E-state index is 13.2. The molecule has 5 heterocycles. The number of thiazole rings is 1. The van der Waals surface area contributed by atoms with Gasteiger partial charge in [-0.1, -0.05) is 11.3 Å². The molecule has 1 aliphatic heterocycles. The molecular formula is C22H18N4O4S. The van der Waals surface area contributed by atoms with E-state index in [2.05, 4.69) is 9.88 Å². The zero-order chi connectivity index (χ0) is 21.2. The fourth-order valence-corrected chi connectivity index (χ4v) is 4.55. The molecule has 0 spiro atoms. The molecule has 4 aromatic heterocycles. The standard InChI is InChI=1S/C22H18N4O4S/c27-19(15-5-7-23-8-6-15)20-18(16-3-1-13-29-16)24-22(31-20)26-11-9-25(10-12-26)21(28)17-4-2-14-30-17/h1-8,13-14H,9-12H2. The lowest BCUT2D eigenvalue weighted by molar-refractivity contribution is 0.0714. The van der Waals surface area contributed by atoms with E-state index in [4.69, 9.17) is 13.8 Å². The summed E-state index contributed by atoms with van der Waals surface area (Å²) in [4.78, 5) is 38.7. The van der Waals surface area contributed by atoms with E-state index in [9.17, 15) is 9.59 Å². The molecule has 0 aromatic carbocycles. The van der Waals surface area contributed by atoms with Crippen molar-refractivity contribution in [3.63, 3.8) is 0 Å². The molecule has 1 aliphatic rings. The molecule has 1 fully saturated rings. The highest BCUT2D eigenvalue weighted by Gasteiger charge is 2.28. The van der Waals surface area contributed by atoms with E-state index in [1.807, 2.05) is 0 Å². The molecule has 9 heteroatoms. The lowest BCUT2D eigenvalue weighted by Gasteiger charge is -2.34. The third kappa shape index (κ3) is 3.75. The third-order valence-electron chi connectivity index (χ3n) is 5.09. The maximum absolute atomic E-state index is 13.2. The van der Waals surface area contributed by atoms with E-state index < -0.39 is 0 Å². The average molecular weight is 434 g/mol. The molecule has 8 nitrogen and oxygen atoms in total. The number of ketones is 1. The summed E-state index contributed by atoms with van der Waals surface area (Å²) >= 11 is 1.34. The van der Waals surface area contributed by atoms with Crippen LogP contribution in [0.15, 0.2) is 70.2 Å². The van der Waals surface area contributed by atoms with Gasteiger partial charge in [-0.25, -0.2) is 4.98 Å². The van der Waals surface area contributed by atoms with Crippen molar-refractivity contribution in [3.8, 4) is 11.5 Å². The molecule has 1 saturated heterocycles. The highest BCUT2D eigenvalue weighted by molar-refractivity contribution is 7.18. The summed E-state index contributed by atoms with van der Waals surface area (Å²) in [6, 6.07) is 10.3. The minimum Gasteiger partial charge on any atom is -0.463 e. The molecule has 0 unspecified atom stereocenters. The van der Waals surface area contributed by atoms with Crippen LogP contribution < -0.4 is 4.90 Å². The van der Waals surface area contributed by atoms with E-state index in [0.29, 0.717) is 53.8 Å². The first-order chi connectivity index (χ1) is 15.2. The van der Waals surface area contributed by atoms with Gasteiger partial charge in [0.25, 0.3) is 5.91 Å². The van der Waals surface area contributed by atoms with Crippen molar-refractivity contribution >= 4 is 28.2 Å². The maximum Gasteiger partial charge on any atom is 0.289 e. The van der Waals surface area contributed by atoms with Gasteiger partial charge in [0.1, 0.15) is 10.6 Å². The smallest absolute Gasteiger partial charge is 0.289 e. The van der Waals surface area contributed by atoms with Gasteiger partial charge in [0.05, 0.1) is 12.5 Å². The van der Waals surface area contributed by atoms with E-state index in [0.717, 1.165) is 5.13 Å². The largest absolute Gasteiger partial charge is 0.463 e. The van der Waals surface area contributed by atoms with Gasteiger partial charge in [-0.15, -0.1) is 0 Å². The number of furan rings is 2. The average Bonchev–Trinajstić information content (AvgIpc) is 3.60. The van der Waals surface area contributed by atoms with Crippen LogP contribution in [0.3, 0.4) is 0 Å². The van der Waals surface area contributed by atoms with Crippen LogP contribution in [0.2, 0.25) is 0 Å². The predicted molar refractivity (Wildman–Crippen MR) is 114 cm³/mol. The van der Waals surface area contributed by atoms with Crippen LogP contribution in [0, 0.1) is 0 Å². The summed E-state index contributed by atoms with van der Waals surface area (Å²) in [7, 11) is 0. The van der Waals surface area contributed by atoms with Crippen LogP contribution in [0.4, 0.5) is 5.13 Å². The molecule has 5 rings (SSSR count). The van der Waals surface area contributed by atoms with E-state index in [1.54, 1.807) is 60.0 Å². The number of hydrogen-bond donors (Lipinski definition) is 0. The molecular weight excluding hydrogens is 416 g/mol. The highest BCUT2D eigenvalue weighted by atomic mass is 32.1. The number of anilines is 1. The highest BCUT2D eigenvalue weighted by Crippen LogP contribution is 2.35. The number of nitrogens with zero attached hydrogens (tertiary/aromatic N) is 4. The van der Waals surface area contributed by atoms with Crippen molar-refractivity contribution < 1.29 is 18.4 Å². The molecule has 0 atom stereocenters. The Hall–Kier alpha value is -3.72. The molecule has 0 aliphatic carbocycles. The second-order valence-corrected chi connectivity index (χ2v) is 7.95. The van der Waals surface area contributed by atoms with Crippen LogP contribution in [0.25, 0.3) is 11.5 Å². The summed E-state index contributed by atoms with van der Waals surface area (Å²) in [6.07, 6.45) is 6.25. The first-order valence-corrected chi connectivity index (χ1v) is 10.6. The van der Waals surface area contributed by atoms with Crippen molar-refractivity contribution in [1.29, 1.82) is 0 Å². The Bertz CT molecular complexity index is 1180. The molecule has 1 amide bonds. The number of pyridine rings is 1. The topological polar surface area (TPSA) is 92.7 Å². The second-order valence-electron chi connectivity index (χ2n) is 6.97. The quantitative estimate of drug-likeness (QED) is 0.443. The van der Waals surface area contributed by atoms with Crippen molar-refractivity contribution in [3.05, 3.63) is 77.5 Å². The van der Waals surface area contributed by atoms with Crippen LogP contribution >= 0.6 is 11.3 Å². The zero-order valence-corrected chi connectivity index (χ0v) is 17.2. The summed E-state index contributed by atoms with van der Waals surface area (Å²) in [5.41, 5.74) is 1.08. The Morgan fingerprint density at radius 1 is 0.935 bits per heavy atom. The first kappa shape index (κ1) is 19.3. The molecule has 0 bridgehead atoms. The van der Waals surface area contributed by atoms with Crippen LogP contribution in [-0.4, -0.2) is 52.7 Å². The van der Waals surface area contributed by atoms with E-state index in [1.165, 1.54) is 17.6 Å². The molecule has 31 heavy (non-hydrogen) atoms. The number of amides is 1. The van der Waals surface area contributed by atoms with Gasteiger partial charge in [-0.2, -0.15) is 0 Å². The van der Waals surface area contributed by atoms with Crippen LogP contribution in [0.5, 0.6) is 0 Å². The summed E-state index contributed by atoms with van der Waals surface area (Å²) in [5.74, 6) is 0.650. The Morgan fingerprint density at radius 3 is 2.35 bits per heavy atom. The molecule has 0 N–H and O–H groups in total. The van der Waals surface area contributed by atoms with Gasteiger partial charge in [0.15, 0.2) is 16.7 Å². The molecule has 156 valence electrons. The van der Waals surface area contributed by atoms with E-state index >= 15 is 0 Å². The molecule has 0 saturated carbocycles. The Kier molecular flexibility index (Phi) is 5.09. The number of carbonyl (C=O) groups excluding carboxylic acids is 2. The Balaban J connectivity index is 1.39. The number of piperazine rings is 1. The molecule has 4 aromatic rings. The van der Waals surface area contributed by atoms with Crippen molar-refractivity contribution in [2.45, 2.75) is 0 Å². The summed E-state index contributed by atoms with van der Waals surface area (Å²) < 4.78 is 10.8. The zero-order valence-electron chi connectivity index (χ0n) is 16.4. The molecule has 0 radical (unpaired) electrons. The van der Waals surface area contributed by atoms with Crippen LogP contribution in [-0.2, 0) is 0 Å². The van der Waals surface area contributed by atoms with Crippen molar-refractivity contribution in [2.24, 2.45) is 0 Å². The van der Waals surface area contributed by atoms with Crippen molar-refractivity contribution in [2.75, 3.05) is 31.1 Å². The first-order valence-electron chi connectivity index (χ1n) is 9.78. The van der Waals surface area contributed by atoms with Gasteiger partial charge in [-0.05, 0) is 36.4 Å². The normalized spacial score (nSPS) is 14.1. The number of aromatic nitrogens is 2. The fourth-order valence-electron chi connectivity index (χ4n) is 3.47. The van der Waals surface area contributed by atoms with Gasteiger partial charge in [0.2, 0.25) is 5.78 Å². The van der Waals surface area contributed by atoms with Crippen LogP contribution in [0.1, 0.15) is 25.8 Å².